The van der Waals surface area contributed by atoms with Crippen LogP contribution in [-0.2, 0) is 23.9 Å². The van der Waals surface area contributed by atoms with E-state index < -0.39 is 11.7 Å². The van der Waals surface area contributed by atoms with E-state index in [0.29, 0.717) is 27.0 Å². The molecule has 5 nitrogen and oxygen atoms in total. The van der Waals surface area contributed by atoms with E-state index in [-0.39, 0.29) is 18.9 Å². The number of imidazole rings is 1. The summed E-state index contributed by atoms with van der Waals surface area (Å²) in [5.74, 6) is -0.227. The van der Waals surface area contributed by atoms with Crippen LogP contribution in [0, 0.1) is 0 Å². The lowest BCUT2D eigenvalue weighted by molar-refractivity contribution is -0.137. The van der Waals surface area contributed by atoms with Gasteiger partial charge in [0.25, 0.3) is 0 Å². The summed E-state index contributed by atoms with van der Waals surface area (Å²) < 4.78 is 39.8. The highest BCUT2D eigenvalue weighted by atomic mass is 35.5. The summed E-state index contributed by atoms with van der Waals surface area (Å²) in [5, 5.41) is 5.65. The maximum Gasteiger partial charge on any atom is 0.416 e. The monoisotopic (exact) mass is 450 g/mol. The molecular formula is C20H14ClF3N4OS. The molecule has 4 rings (SSSR count). The van der Waals surface area contributed by atoms with Crippen molar-refractivity contribution in [1.82, 2.24) is 19.7 Å². The molecule has 0 aliphatic rings. The Morgan fingerprint density at radius 3 is 2.57 bits per heavy atom. The Morgan fingerprint density at radius 1 is 1.07 bits per heavy atom. The molecule has 0 aliphatic heterocycles. The molecule has 0 fully saturated rings. The number of halogens is 4. The molecule has 1 amide bonds. The Morgan fingerprint density at radius 2 is 1.83 bits per heavy atom. The lowest BCUT2D eigenvalue weighted by Crippen LogP contribution is -2.24. The van der Waals surface area contributed by atoms with Crippen molar-refractivity contribution in [3.05, 3.63) is 76.1 Å². The molecule has 0 saturated carbocycles. The van der Waals surface area contributed by atoms with Gasteiger partial charge in [-0.15, -0.1) is 11.3 Å². The molecule has 0 atom stereocenters. The second kappa shape index (κ2) is 8.08. The van der Waals surface area contributed by atoms with E-state index in [1.165, 1.54) is 23.5 Å². The van der Waals surface area contributed by atoms with Crippen LogP contribution in [0.15, 0.2) is 54.2 Å². The third-order valence-corrected chi connectivity index (χ3v) is 5.45. The molecule has 1 aromatic carbocycles. The SMILES string of the molecule is O=C(Cc1csc(-c2ccc(C(F)(F)F)cc2)n1)NCc1cn2cc(Cl)ccc2n1. The van der Waals surface area contributed by atoms with Crippen LogP contribution in [0.4, 0.5) is 13.2 Å². The highest BCUT2D eigenvalue weighted by molar-refractivity contribution is 7.13. The molecule has 0 radical (unpaired) electrons. The fraction of sp³-hybridized carbons (Fsp3) is 0.150. The number of carbonyl (C=O) groups is 1. The van der Waals surface area contributed by atoms with Crippen LogP contribution in [0.25, 0.3) is 16.2 Å². The normalized spacial score (nSPS) is 11.7. The van der Waals surface area contributed by atoms with E-state index in [1.54, 1.807) is 34.3 Å². The Hall–Kier alpha value is -2.91. The van der Waals surface area contributed by atoms with Gasteiger partial charge < -0.3 is 9.72 Å². The molecular weight excluding hydrogens is 437 g/mol. The summed E-state index contributed by atoms with van der Waals surface area (Å²) in [7, 11) is 0. The molecule has 10 heteroatoms. The van der Waals surface area contributed by atoms with Crippen molar-refractivity contribution in [1.29, 1.82) is 0 Å². The standard InChI is InChI=1S/C20H14ClF3N4OS/c21-14-5-6-17-26-16(10-28(17)9-14)8-25-18(29)7-15-11-30-19(27-15)12-1-3-13(4-2-12)20(22,23)24/h1-6,9-11H,7-8H2,(H,25,29). The van der Waals surface area contributed by atoms with Crippen molar-refractivity contribution in [2.45, 2.75) is 19.1 Å². The molecule has 3 heterocycles. The maximum absolute atomic E-state index is 12.7. The van der Waals surface area contributed by atoms with Gasteiger partial charge in [-0.1, -0.05) is 23.7 Å². The van der Waals surface area contributed by atoms with Gasteiger partial charge in [0.15, 0.2) is 0 Å². The van der Waals surface area contributed by atoms with Gasteiger partial charge in [-0.3, -0.25) is 4.79 Å². The predicted octanol–water partition coefficient (Wildman–Crippen LogP) is 4.99. The molecule has 154 valence electrons. The summed E-state index contributed by atoms with van der Waals surface area (Å²) in [4.78, 5) is 21.0. The molecule has 3 aromatic heterocycles. The number of pyridine rings is 1. The fourth-order valence-electron chi connectivity index (χ4n) is 2.84. The minimum absolute atomic E-state index is 0.0658. The summed E-state index contributed by atoms with van der Waals surface area (Å²) >= 11 is 7.22. The number of rotatable bonds is 5. The Bertz CT molecular complexity index is 1200. The minimum Gasteiger partial charge on any atom is -0.350 e. The number of thiazole rings is 1. The molecule has 1 N–H and O–H groups in total. The van der Waals surface area contributed by atoms with Crippen molar-refractivity contribution in [3.63, 3.8) is 0 Å². The van der Waals surface area contributed by atoms with Gasteiger partial charge in [-0.25, -0.2) is 9.97 Å². The smallest absolute Gasteiger partial charge is 0.350 e. The third kappa shape index (κ3) is 4.63. The van der Waals surface area contributed by atoms with E-state index >= 15 is 0 Å². The van der Waals surface area contributed by atoms with Crippen molar-refractivity contribution in [2.24, 2.45) is 0 Å². The van der Waals surface area contributed by atoms with Crippen molar-refractivity contribution >= 4 is 34.5 Å². The van der Waals surface area contributed by atoms with E-state index in [2.05, 4.69) is 15.3 Å². The van der Waals surface area contributed by atoms with Gasteiger partial charge >= 0.3 is 6.18 Å². The first kappa shape index (κ1) is 20.4. The number of hydrogen-bond donors (Lipinski definition) is 1. The molecule has 0 unspecified atom stereocenters. The van der Waals surface area contributed by atoms with Crippen LogP contribution in [0.3, 0.4) is 0 Å². The van der Waals surface area contributed by atoms with Crippen LogP contribution in [0.5, 0.6) is 0 Å². The quantitative estimate of drug-likeness (QED) is 0.466. The number of nitrogens with zero attached hydrogens (tertiary/aromatic N) is 3. The van der Waals surface area contributed by atoms with E-state index in [4.69, 9.17) is 11.6 Å². The summed E-state index contributed by atoms with van der Waals surface area (Å²) in [6.45, 7) is 0.258. The molecule has 0 bridgehead atoms. The molecule has 0 aliphatic carbocycles. The lowest BCUT2D eigenvalue weighted by atomic mass is 10.1. The summed E-state index contributed by atoms with van der Waals surface area (Å²) in [5.41, 5.74) is 1.83. The van der Waals surface area contributed by atoms with Crippen LogP contribution >= 0.6 is 22.9 Å². The van der Waals surface area contributed by atoms with Gasteiger partial charge in [0.1, 0.15) is 10.7 Å². The lowest BCUT2D eigenvalue weighted by Gasteiger charge is -2.06. The number of nitrogens with one attached hydrogen (secondary N) is 1. The zero-order chi connectivity index (χ0) is 21.3. The second-order valence-corrected chi connectivity index (χ2v) is 7.81. The zero-order valence-corrected chi connectivity index (χ0v) is 16.9. The topological polar surface area (TPSA) is 59.3 Å². The van der Waals surface area contributed by atoms with E-state index in [9.17, 15) is 18.0 Å². The minimum atomic E-state index is -4.38. The van der Waals surface area contributed by atoms with Crippen LogP contribution in [0.1, 0.15) is 17.0 Å². The Labute approximate surface area is 178 Å². The van der Waals surface area contributed by atoms with Crippen molar-refractivity contribution < 1.29 is 18.0 Å². The van der Waals surface area contributed by atoms with Gasteiger partial charge in [0.2, 0.25) is 5.91 Å². The second-order valence-electron chi connectivity index (χ2n) is 6.52. The number of benzene rings is 1. The summed E-state index contributed by atoms with van der Waals surface area (Å²) in [6.07, 6.45) is -0.797. The predicted molar refractivity (Wildman–Crippen MR) is 108 cm³/mol. The van der Waals surface area contributed by atoms with Gasteiger partial charge in [-0.05, 0) is 24.3 Å². The first-order valence-electron chi connectivity index (χ1n) is 8.80. The molecule has 4 aromatic rings. The number of aromatic nitrogens is 3. The molecule has 0 spiro atoms. The van der Waals surface area contributed by atoms with E-state index in [1.807, 2.05) is 0 Å². The zero-order valence-electron chi connectivity index (χ0n) is 15.3. The van der Waals surface area contributed by atoms with Crippen molar-refractivity contribution in [3.8, 4) is 10.6 Å². The highest BCUT2D eigenvalue weighted by Crippen LogP contribution is 2.31. The maximum atomic E-state index is 12.7. The van der Waals surface area contributed by atoms with Crippen LogP contribution < -0.4 is 5.32 Å². The fourth-order valence-corrected chi connectivity index (χ4v) is 3.84. The van der Waals surface area contributed by atoms with Gasteiger partial charge in [0, 0.05) is 23.3 Å². The number of hydrogen-bond acceptors (Lipinski definition) is 4. The average Bonchev–Trinajstić information content (AvgIpc) is 3.32. The largest absolute Gasteiger partial charge is 0.416 e. The first-order valence-corrected chi connectivity index (χ1v) is 10.1. The highest BCUT2D eigenvalue weighted by Gasteiger charge is 2.30. The van der Waals surface area contributed by atoms with Crippen LogP contribution in [0.2, 0.25) is 5.02 Å². The Balaban J connectivity index is 1.36. The first-order chi connectivity index (χ1) is 14.3. The number of alkyl halides is 3. The molecule has 30 heavy (non-hydrogen) atoms. The van der Waals surface area contributed by atoms with Crippen molar-refractivity contribution in [2.75, 3.05) is 0 Å². The van der Waals surface area contributed by atoms with Gasteiger partial charge in [0.05, 0.1) is 34.9 Å². The number of amides is 1. The van der Waals surface area contributed by atoms with Gasteiger partial charge in [-0.2, -0.15) is 13.2 Å². The third-order valence-electron chi connectivity index (χ3n) is 4.28. The van der Waals surface area contributed by atoms with Crippen LogP contribution in [-0.4, -0.2) is 20.3 Å². The average molecular weight is 451 g/mol. The number of carbonyl (C=O) groups excluding carboxylic acids is 1. The Kier molecular flexibility index (Phi) is 5.48. The molecule has 0 saturated heterocycles. The summed E-state index contributed by atoms with van der Waals surface area (Å²) in [6, 6.07) is 8.31. The number of fused-ring (bicyclic) bond motifs is 1. The van der Waals surface area contributed by atoms with E-state index in [0.717, 1.165) is 17.8 Å².